The zero-order valence-electron chi connectivity index (χ0n) is 6.36. The maximum absolute atomic E-state index is 5.81. The van der Waals surface area contributed by atoms with Crippen LogP contribution in [-0.4, -0.2) is 15.8 Å². The highest BCUT2D eigenvalue weighted by molar-refractivity contribution is 6.08. The summed E-state index contributed by atoms with van der Waals surface area (Å²) in [6, 6.07) is 1.31. The Kier molecular flexibility index (Phi) is 2.70. The maximum Gasteiger partial charge on any atom is 0.0120 e. The molecule has 0 amide bonds. The third-order valence-corrected chi connectivity index (χ3v) is 3.11. The SMILES string of the molecule is CC(C[SiH3])C(C)(C)N. The molecule has 8 heavy (non-hydrogen) atoms. The minimum Gasteiger partial charge on any atom is -0.325 e. The predicted molar refractivity (Wildman–Crippen MR) is 42.2 cm³/mol. The van der Waals surface area contributed by atoms with Crippen molar-refractivity contribution in [3.63, 3.8) is 0 Å². The Bertz CT molecular complexity index is 65.4. The summed E-state index contributed by atoms with van der Waals surface area (Å²) in [5, 5.41) is 0. The molecule has 0 spiro atoms. The Labute approximate surface area is 55.1 Å². The third-order valence-electron chi connectivity index (χ3n) is 1.88. The summed E-state index contributed by atoms with van der Waals surface area (Å²) < 4.78 is 0. The van der Waals surface area contributed by atoms with Gasteiger partial charge in [-0.2, -0.15) is 0 Å². The Morgan fingerprint density at radius 3 is 2.00 bits per heavy atom. The van der Waals surface area contributed by atoms with Crippen LogP contribution in [0.15, 0.2) is 0 Å². The molecule has 0 fully saturated rings. The molecule has 1 atom stereocenters. The number of hydrogen-bond acceptors (Lipinski definition) is 1. The van der Waals surface area contributed by atoms with Gasteiger partial charge in [0.15, 0.2) is 0 Å². The van der Waals surface area contributed by atoms with Crippen molar-refractivity contribution in [1.29, 1.82) is 0 Å². The lowest BCUT2D eigenvalue weighted by atomic mass is 9.92. The van der Waals surface area contributed by atoms with E-state index < -0.39 is 0 Å². The van der Waals surface area contributed by atoms with Crippen molar-refractivity contribution in [2.75, 3.05) is 0 Å². The highest BCUT2D eigenvalue weighted by Gasteiger charge is 2.17. The molecular formula is C6H17NSi. The quantitative estimate of drug-likeness (QED) is 0.530. The van der Waals surface area contributed by atoms with Gasteiger partial charge in [-0.05, 0) is 19.8 Å². The van der Waals surface area contributed by atoms with Crippen molar-refractivity contribution in [3.8, 4) is 0 Å². The fourth-order valence-electron chi connectivity index (χ4n) is 0.526. The van der Waals surface area contributed by atoms with Crippen molar-refractivity contribution < 1.29 is 0 Å². The van der Waals surface area contributed by atoms with Gasteiger partial charge in [0.05, 0.1) is 0 Å². The average Bonchev–Trinajstić information content (AvgIpc) is 1.62. The van der Waals surface area contributed by atoms with Crippen LogP contribution in [0.1, 0.15) is 20.8 Å². The summed E-state index contributed by atoms with van der Waals surface area (Å²) in [6.45, 7) is 6.40. The van der Waals surface area contributed by atoms with Gasteiger partial charge in [0, 0.05) is 15.8 Å². The van der Waals surface area contributed by atoms with Crippen LogP contribution in [0.3, 0.4) is 0 Å². The second kappa shape index (κ2) is 2.64. The smallest absolute Gasteiger partial charge is 0.0120 e. The first-order valence-electron chi connectivity index (χ1n) is 3.27. The van der Waals surface area contributed by atoms with Gasteiger partial charge in [0.25, 0.3) is 0 Å². The van der Waals surface area contributed by atoms with Crippen molar-refractivity contribution in [3.05, 3.63) is 0 Å². The molecule has 0 aliphatic carbocycles. The Balaban J connectivity index is 3.62. The van der Waals surface area contributed by atoms with E-state index in [1.807, 2.05) is 0 Å². The Hall–Kier alpha value is 0.177. The van der Waals surface area contributed by atoms with E-state index in [4.69, 9.17) is 5.73 Å². The Morgan fingerprint density at radius 2 is 2.00 bits per heavy atom. The van der Waals surface area contributed by atoms with Crippen LogP contribution in [0.2, 0.25) is 6.04 Å². The van der Waals surface area contributed by atoms with Crippen LogP contribution < -0.4 is 5.73 Å². The molecule has 0 saturated heterocycles. The van der Waals surface area contributed by atoms with E-state index in [1.54, 1.807) is 0 Å². The monoisotopic (exact) mass is 131 g/mol. The summed E-state index contributed by atoms with van der Waals surface area (Å²) in [5.41, 5.74) is 5.86. The van der Waals surface area contributed by atoms with Gasteiger partial charge < -0.3 is 5.73 Å². The number of rotatable bonds is 2. The first-order valence-corrected chi connectivity index (χ1v) is 4.68. The third kappa shape index (κ3) is 2.48. The topological polar surface area (TPSA) is 26.0 Å². The minimum absolute atomic E-state index is 0.0434. The molecule has 0 saturated carbocycles. The van der Waals surface area contributed by atoms with E-state index in [9.17, 15) is 0 Å². The lowest BCUT2D eigenvalue weighted by Crippen LogP contribution is -2.39. The van der Waals surface area contributed by atoms with E-state index >= 15 is 0 Å². The number of hydrogen-bond donors (Lipinski definition) is 1. The maximum atomic E-state index is 5.81. The summed E-state index contributed by atoms with van der Waals surface area (Å²) in [5.74, 6) is 0.689. The molecule has 0 aromatic heterocycles. The van der Waals surface area contributed by atoms with E-state index in [2.05, 4.69) is 20.8 Å². The highest BCUT2D eigenvalue weighted by atomic mass is 28.1. The molecule has 2 heteroatoms. The minimum atomic E-state index is 0.0434. The van der Waals surface area contributed by atoms with Gasteiger partial charge in [-0.3, -0.25) is 0 Å². The average molecular weight is 131 g/mol. The first-order chi connectivity index (χ1) is 3.48. The summed E-state index contributed by atoms with van der Waals surface area (Å²) in [7, 11) is 1.27. The molecular weight excluding hydrogens is 114 g/mol. The Morgan fingerprint density at radius 1 is 1.62 bits per heavy atom. The van der Waals surface area contributed by atoms with Crippen molar-refractivity contribution >= 4 is 10.2 Å². The molecule has 1 unspecified atom stereocenters. The van der Waals surface area contributed by atoms with Crippen LogP contribution in [-0.2, 0) is 0 Å². The molecule has 0 bridgehead atoms. The summed E-state index contributed by atoms with van der Waals surface area (Å²) in [6.07, 6.45) is 0. The van der Waals surface area contributed by atoms with E-state index in [-0.39, 0.29) is 5.54 Å². The lowest BCUT2D eigenvalue weighted by molar-refractivity contribution is 0.374. The second-order valence-electron chi connectivity index (χ2n) is 3.13. The van der Waals surface area contributed by atoms with Crippen LogP contribution in [0.4, 0.5) is 0 Å². The van der Waals surface area contributed by atoms with Gasteiger partial charge in [-0.15, -0.1) is 0 Å². The van der Waals surface area contributed by atoms with Crippen LogP contribution in [0.25, 0.3) is 0 Å². The molecule has 1 nitrogen and oxygen atoms in total. The molecule has 0 radical (unpaired) electrons. The normalized spacial score (nSPS) is 16.5. The summed E-state index contributed by atoms with van der Waals surface area (Å²) >= 11 is 0. The van der Waals surface area contributed by atoms with Gasteiger partial charge in [-0.25, -0.2) is 0 Å². The molecule has 0 aromatic carbocycles. The van der Waals surface area contributed by atoms with Crippen LogP contribution in [0.5, 0.6) is 0 Å². The zero-order valence-corrected chi connectivity index (χ0v) is 8.36. The molecule has 0 aliphatic rings. The van der Waals surface area contributed by atoms with E-state index in [1.165, 1.54) is 16.3 Å². The van der Waals surface area contributed by atoms with E-state index in [0.29, 0.717) is 5.92 Å². The molecule has 0 heterocycles. The molecule has 0 aliphatic heterocycles. The van der Waals surface area contributed by atoms with Crippen molar-refractivity contribution in [2.24, 2.45) is 11.7 Å². The summed E-state index contributed by atoms with van der Waals surface area (Å²) in [4.78, 5) is 0. The largest absolute Gasteiger partial charge is 0.325 e. The van der Waals surface area contributed by atoms with Gasteiger partial charge >= 0.3 is 0 Å². The molecule has 50 valence electrons. The fourth-order valence-corrected chi connectivity index (χ4v) is 1.58. The highest BCUT2D eigenvalue weighted by Crippen LogP contribution is 2.14. The lowest BCUT2D eigenvalue weighted by Gasteiger charge is -2.25. The van der Waals surface area contributed by atoms with Crippen molar-refractivity contribution in [1.82, 2.24) is 0 Å². The predicted octanol–water partition coefficient (Wildman–Crippen LogP) is 0.144. The molecule has 0 aromatic rings. The molecule has 0 rings (SSSR count). The van der Waals surface area contributed by atoms with Gasteiger partial charge in [0.1, 0.15) is 0 Å². The van der Waals surface area contributed by atoms with Gasteiger partial charge in [0.2, 0.25) is 0 Å². The molecule has 2 N–H and O–H groups in total. The number of nitrogens with two attached hydrogens (primary N) is 1. The van der Waals surface area contributed by atoms with Gasteiger partial charge in [-0.1, -0.05) is 13.0 Å². The first kappa shape index (κ1) is 8.18. The van der Waals surface area contributed by atoms with E-state index in [0.717, 1.165) is 0 Å². The fraction of sp³-hybridized carbons (Fsp3) is 1.00. The van der Waals surface area contributed by atoms with Crippen molar-refractivity contribution in [2.45, 2.75) is 32.4 Å². The van der Waals surface area contributed by atoms with Crippen LogP contribution >= 0.6 is 0 Å². The standard InChI is InChI=1S/C6H17NSi/c1-5(4-8)6(2,3)7/h5H,4,7H2,1-3,8H3. The van der Waals surface area contributed by atoms with Crippen LogP contribution in [0, 0.1) is 5.92 Å². The second-order valence-corrected chi connectivity index (χ2v) is 3.95. The zero-order chi connectivity index (χ0) is 6.78.